The fraction of sp³-hybridized carbons (Fsp3) is 0.160. The average Bonchev–Trinajstić information content (AvgIpc) is 3.26. The first-order valence-corrected chi connectivity index (χ1v) is 10.7. The lowest BCUT2D eigenvalue weighted by atomic mass is 10.1. The lowest BCUT2D eigenvalue weighted by Crippen LogP contribution is -2.44. The molecule has 2 N–H and O–H groups in total. The van der Waals surface area contributed by atoms with Crippen LogP contribution >= 0.6 is 0 Å². The second kappa shape index (κ2) is 9.95. The Morgan fingerprint density at radius 2 is 1.76 bits per heavy atom. The first kappa shape index (κ1) is 22.7. The lowest BCUT2D eigenvalue weighted by Gasteiger charge is -2.14. The summed E-state index contributed by atoms with van der Waals surface area (Å²) in [5, 5.41) is 16.2. The highest BCUT2D eigenvalue weighted by Gasteiger charge is 2.18. The van der Waals surface area contributed by atoms with Crippen LogP contribution in [-0.2, 0) is 17.9 Å². The monoisotopic (exact) mass is 457 g/mol. The third-order valence-corrected chi connectivity index (χ3v) is 5.43. The lowest BCUT2D eigenvalue weighted by molar-refractivity contribution is -0.384. The van der Waals surface area contributed by atoms with Gasteiger partial charge in [0.1, 0.15) is 6.04 Å². The number of nitrogens with zero attached hydrogens (tertiary/aromatic N) is 3. The number of fused-ring (bicyclic) bond motifs is 1. The molecule has 0 aliphatic carbocycles. The predicted molar refractivity (Wildman–Crippen MR) is 127 cm³/mol. The fourth-order valence-corrected chi connectivity index (χ4v) is 3.54. The van der Waals surface area contributed by atoms with Crippen molar-refractivity contribution >= 4 is 28.5 Å². The van der Waals surface area contributed by atoms with Gasteiger partial charge in [0.15, 0.2) is 0 Å². The predicted octanol–water partition coefficient (Wildman–Crippen LogP) is 3.43. The van der Waals surface area contributed by atoms with E-state index in [1.54, 1.807) is 6.92 Å². The fourth-order valence-electron chi connectivity index (χ4n) is 3.54. The number of imidazole rings is 1. The van der Waals surface area contributed by atoms with Gasteiger partial charge in [0, 0.05) is 30.8 Å². The number of para-hydroxylation sites is 2. The standard InChI is InChI=1S/C25H23N5O4/c1-17(28-25(32)20-5-4-6-21(13-20)30(33)34)24(31)26-14-18-9-11-19(12-10-18)15-29-16-27-22-7-2-3-8-23(22)29/h2-13,16-17H,14-15H2,1H3,(H,26,31)(H,28,32). The van der Waals surface area contributed by atoms with Gasteiger partial charge in [-0.3, -0.25) is 19.7 Å². The minimum absolute atomic E-state index is 0.120. The van der Waals surface area contributed by atoms with Crippen LogP contribution in [0.25, 0.3) is 11.0 Å². The third-order valence-electron chi connectivity index (χ3n) is 5.43. The van der Waals surface area contributed by atoms with Crippen molar-refractivity contribution in [3.05, 3.63) is 106 Å². The molecule has 0 bridgehead atoms. The average molecular weight is 457 g/mol. The molecule has 0 aliphatic rings. The van der Waals surface area contributed by atoms with Crippen molar-refractivity contribution in [1.82, 2.24) is 20.2 Å². The quantitative estimate of drug-likeness (QED) is 0.310. The molecule has 1 aromatic heterocycles. The second-order valence-electron chi connectivity index (χ2n) is 7.90. The summed E-state index contributed by atoms with van der Waals surface area (Å²) < 4.78 is 2.08. The van der Waals surface area contributed by atoms with Crippen LogP contribution < -0.4 is 10.6 Å². The van der Waals surface area contributed by atoms with Gasteiger partial charge in [-0.05, 0) is 36.2 Å². The van der Waals surface area contributed by atoms with Crippen molar-refractivity contribution in [2.24, 2.45) is 0 Å². The van der Waals surface area contributed by atoms with Crippen molar-refractivity contribution in [2.75, 3.05) is 0 Å². The molecular weight excluding hydrogens is 434 g/mol. The van der Waals surface area contributed by atoms with Crippen LogP contribution in [0.3, 0.4) is 0 Å². The van der Waals surface area contributed by atoms with Crippen LogP contribution in [-0.4, -0.2) is 32.3 Å². The van der Waals surface area contributed by atoms with E-state index in [1.807, 2.05) is 54.9 Å². The first-order chi connectivity index (χ1) is 16.4. The molecule has 9 nitrogen and oxygen atoms in total. The topological polar surface area (TPSA) is 119 Å². The van der Waals surface area contributed by atoms with E-state index in [-0.39, 0.29) is 17.2 Å². The van der Waals surface area contributed by atoms with Gasteiger partial charge in [-0.25, -0.2) is 4.98 Å². The number of benzene rings is 3. The summed E-state index contributed by atoms with van der Waals surface area (Å²) in [4.78, 5) is 39.5. The van der Waals surface area contributed by atoms with E-state index in [1.165, 1.54) is 24.3 Å². The van der Waals surface area contributed by atoms with E-state index in [2.05, 4.69) is 20.2 Å². The van der Waals surface area contributed by atoms with E-state index in [4.69, 9.17) is 0 Å². The van der Waals surface area contributed by atoms with Gasteiger partial charge in [-0.1, -0.05) is 42.5 Å². The molecule has 1 heterocycles. The van der Waals surface area contributed by atoms with Crippen molar-refractivity contribution in [2.45, 2.75) is 26.1 Å². The molecule has 4 aromatic rings. The minimum atomic E-state index is -0.805. The number of amides is 2. The molecule has 9 heteroatoms. The van der Waals surface area contributed by atoms with Gasteiger partial charge < -0.3 is 15.2 Å². The van der Waals surface area contributed by atoms with Crippen molar-refractivity contribution < 1.29 is 14.5 Å². The minimum Gasteiger partial charge on any atom is -0.350 e. The van der Waals surface area contributed by atoms with E-state index >= 15 is 0 Å². The molecule has 34 heavy (non-hydrogen) atoms. The molecule has 0 saturated heterocycles. The normalized spacial score (nSPS) is 11.7. The number of nitro benzene ring substituents is 1. The highest BCUT2D eigenvalue weighted by Crippen LogP contribution is 2.15. The highest BCUT2D eigenvalue weighted by atomic mass is 16.6. The maximum absolute atomic E-state index is 12.4. The summed E-state index contributed by atoms with van der Waals surface area (Å²) in [6.45, 7) is 2.56. The summed E-state index contributed by atoms with van der Waals surface area (Å²) in [5.74, 6) is -0.907. The van der Waals surface area contributed by atoms with E-state index in [9.17, 15) is 19.7 Å². The Morgan fingerprint density at radius 3 is 2.53 bits per heavy atom. The van der Waals surface area contributed by atoms with Crippen molar-refractivity contribution in [3.63, 3.8) is 0 Å². The maximum atomic E-state index is 12.4. The van der Waals surface area contributed by atoms with Gasteiger partial charge in [-0.15, -0.1) is 0 Å². The Kier molecular flexibility index (Phi) is 6.63. The molecule has 0 spiro atoms. The molecular formula is C25H23N5O4. The number of carbonyl (C=O) groups is 2. The Labute approximate surface area is 195 Å². The number of carbonyl (C=O) groups excluding carboxylic acids is 2. The number of nitro groups is 1. The number of non-ortho nitro benzene ring substituents is 1. The smallest absolute Gasteiger partial charge is 0.270 e. The third kappa shape index (κ3) is 5.26. The van der Waals surface area contributed by atoms with Crippen LogP contribution in [0.5, 0.6) is 0 Å². The van der Waals surface area contributed by atoms with Gasteiger partial charge in [-0.2, -0.15) is 0 Å². The molecule has 1 unspecified atom stereocenters. The van der Waals surface area contributed by atoms with E-state index < -0.39 is 16.9 Å². The Bertz CT molecular complexity index is 1350. The summed E-state index contributed by atoms with van der Waals surface area (Å²) in [5.41, 5.74) is 3.98. The summed E-state index contributed by atoms with van der Waals surface area (Å²) in [6, 6.07) is 20.4. The van der Waals surface area contributed by atoms with Crippen LogP contribution in [0.4, 0.5) is 5.69 Å². The SMILES string of the molecule is CC(NC(=O)c1cccc([N+](=O)[O-])c1)C(=O)NCc1ccc(Cn2cnc3ccccc32)cc1. The first-order valence-electron chi connectivity index (χ1n) is 10.7. The van der Waals surface area contributed by atoms with Gasteiger partial charge >= 0.3 is 0 Å². The van der Waals surface area contributed by atoms with Crippen LogP contribution in [0.2, 0.25) is 0 Å². The van der Waals surface area contributed by atoms with Crippen LogP contribution in [0.1, 0.15) is 28.4 Å². The number of aromatic nitrogens is 2. The van der Waals surface area contributed by atoms with E-state index in [0.29, 0.717) is 13.1 Å². The highest BCUT2D eigenvalue weighted by molar-refractivity contribution is 5.97. The zero-order valence-corrected chi connectivity index (χ0v) is 18.5. The molecule has 172 valence electrons. The second-order valence-corrected chi connectivity index (χ2v) is 7.90. The zero-order valence-electron chi connectivity index (χ0n) is 18.5. The molecule has 3 aromatic carbocycles. The zero-order chi connectivity index (χ0) is 24.1. The summed E-state index contributed by atoms with van der Waals surface area (Å²) in [7, 11) is 0. The molecule has 0 saturated carbocycles. The number of hydrogen-bond acceptors (Lipinski definition) is 5. The number of nitrogens with one attached hydrogen (secondary N) is 2. The molecule has 0 radical (unpaired) electrons. The molecule has 2 amide bonds. The van der Waals surface area contributed by atoms with Crippen molar-refractivity contribution in [1.29, 1.82) is 0 Å². The summed E-state index contributed by atoms with van der Waals surface area (Å²) >= 11 is 0. The molecule has 1 atom stereocenters. The van der Waals surface area contributed by atoms with Gasteiger partial charge in [0.05, 0.1) is 22.3 Å². The van der Waals surface area contributed by atoms with Gasteiger partial charge in [0.25, 0.3) is 11.6 Å². The van der Waals surface area contributed by atoms with Crippen LogP contribution in [0, 0.1) is 10.1 Å². The number of hydrogen-bond donors (Lipinski definition) is 2. The molecule has 0 fully saturated rings. The maximum Gasteiger partial charge on any atom is 0.270 e. The summed E-state index contributed by atoms with van der Waals surface area (Å²) in [6.07, 6.45) is 1.82. The Balaban J connectivity index is 1.29. The van der Waals surface area contributed by atoms with Gasteiger partial charge in [0.2, 0.25) is 5.91 Å². The molecule has 4 rings (SSSR count). The Morgan fingerprint density at radius 1 is 1.03 bits per heavy atom. The van der Waals surface area contributed by atoms with Crippen LogP contribution in [0.15, 0.2) is 79.1 Å². The Hall–Kier alpha value is -4.53. The largest absolute Gasteiger partial charge is 0.350 e. The van der Waals surface area contributed by atoms with E-state index in [0.717, 1.165) is 22.2 Å². The van der Waals surface area contributed by atoms with Crippen molar-refractivity contribution in [3.8, 4) is 0 Å². The molecule has 0 aliphatic heterocycles. The number of rotatable bonds is 8.